The molecule has 1 amide bonds. The SMILES string of the molecule is CCNC(=NCCNC(=O)c1ccc(OC)cc1)N1CCc2ccccc21.I. The van der Waals surface area contributed by atoms with Crippen LogP contribution in [0.5, 0.6) is 5.75 Å². The van der Waals surface area contributed by atoms with Crippen molar-refractivity contribution in [2.24, 2.45) is 4.99 Å². The van der Waals surface area contributed by atoms with Crippen LogP contribution in [0.3, 0.4) is 0 Å². The molecule has 28 heavy (non-hydrogen) atoms. The molecule has 1 aliphatic heterocycles. The number of hydrogen-bond donors (Lipinski definition) is 2. The van der Waals surface area contributed by atoms with E-state index in [1.54, 1.807) is 31.4 Å². The van der Waals surface area contributed by atoms with E-state index in [0.29, 0.717) is 18.7 Å². The van der Waals surface area contributed by atoms with Crippen LogP contribution in [-0.2, 0) is 6.42 Å². The first kappa shape index (κ1) is 22.0. The predicted molar refractivity (Wildman–Crippen MR) is 124 cm³/mol. The number of nitrogens with zero attached hydrogens (tertiary/aromatic N) is 2. The summed E-state index contributed by atoms with van der Waals surface area (Å²) in [4.78, 5) is 19.1. The molecule has 0 fully saturated rings. The highest BCUT2D eigenvalue weighted by Crippen LogP contribution is 2.27. The quantitative estimate of drug-likeness (QED) is 0.281. The summed E-state index contributed by atoms with van der Waals surface area (Å²) in [5, 5.41) is 6.26. The minimum Gasteiger partial charge on any atom is -0.497 e. The lowest BCUT2D eigenvalue weighted by Gasteiger charge is -2.22. The number of aliphatic imine (C=N–C) groups is 1. The van der Waals surface area contributed by atoms with Gasteiger partial charge >= 0.3 is 0 Å². The lowest BCUT2D eigenvalue weighted by molar-refractivity contribution is 0.0955. The van der Waals surface area contributed by atoms with Crippen molar-refractivity contribution in [3.05, 3.63) is 59.7 Å². The number of rotatable bonds is 6. The van der Waals surface area contributed by atoms with E-state index < -0.39 is 0 Å². The third-order valence-electron chi connectivity index (χ3n) is 4.49. The Hall–Kier alpha value is -2.29. The summed E-state index contributed by atoms with van der Waals surface area (Å²) in [5.41, 5.74) is 3.16. The van der Waals surface area contributed by atoms with E-state index in [1.165, 1.54) is 11.3 Å². The van der Waals surface area contributed by atoms with Crippen LogP contribution < -0.4 is 20.3 Å². The van der Waals surface area contributed by atoms with E-state index in [2.05, 4.69) is 51.7 Å². The van der Waals surface area contributed by atoms with Crippen molar-refractivity contribution in [2.45, 2.75) is 13.3 Å². The first-order valence-electron chi connectivity index (χ1n) is 9.29. The highest BCUT2D eigenvalue weighted by Gasteiger charge is 2.22. The smallest absolute Gasteiger partial charge is 0.251 e. The fraction of sp³-hybridized carbons (Fsp3) is 0.333. The zero-order chi connectivity index (χ0) is 19.1. The van der Waals surface area contributed by atoms with Gasteiger partial charge in [-0.1, -0.05) is 18.2 Å². The Labute approximate surface area is 183 Å². The molecule has 2 aromatic carbocycles. The van der Waals surface area contributed by atoms with Crippen LogP contribution in [0.1, 0.15) is 22.8 Å². The van der Waals surface area contributed by atoms with Crippen molar-refractivity contribution < 1.29 is 9.53 Å². The normalized spacial score (nSPS) is 12.8. The standard InChI is InChI=1S/C21H26N4O2.HI/c1-3-22-21(25-15-12-16-6-4-5-7-19(16)25)24-14-13-23-20(26)17-8-10-18(27-2)11-9-17;/h4-11H,3,12-15H2,1-2H3,(H,22,24)(H,23,26);1H. The van der Waals surface area contributed by atoms with E-state index in [0.717, 1.165) is 31.2 Å². The number of halogens is 1. The van der Waals surface area contributed by atoms with Gasteiger partial charge in [0.05, 0.1) is 13.7 Å². The summed E-state index contributed by atoms with van der Waals surface area (Å²) < 4.78 is 5.11. The Bertz CT molecular complexity index is 808. The zero-order valence-corrected chi connectivity index (χ0v) is 18.6. The Morgan fingerprint density at radius 1 is 1.14 bits per heavy atom. The number of amides is 1. The van der Waals surface area contributed by atoms with Crippen molar-refractivity contribution in [1.29, 1.82) is 0 Å². The number of nitrogens with one attached hydrogen (secondary N) is 2. The molecule has 7 heteroatoms. The fourth-order valence-electron chi connectivity index (χ4n) is 3.13. The van der Waals surface area contributed by atoms with Gasteiger partial charge in [0.1, 0.15) is 5.75 Å². The number of carbonyl (C=O) groups is 1. The molecular formula is C21H27IN4O2. The van der Waals surface area contributed by atoms with Crippen molar-refractivity contribution in [2.75, 3.05) is 38.2 Å². The second-order valence-corrected chi connectivity index (χ2v) is 6.25. The Morgan fingerprint density at radius 3 is 2.61 bits per heavy atom. The van der Waals surface area contributed by atoms with Crippen molar-refractivity contribution in [1.82, 2.24) is 10.6 Å². The first-order valence-corrected chi connectivity index (χ1v) is 9.29. The van der Waals surface area contributed by atoms with Gasteiger partial charge in [0.2, 0.25) is 0 Å². The number of carbonyl (C=O) groups excluding carboxylic acids is 1. The molecule has 2 N–H and O–H groups in total. The molecule has 0 atom stereocenters. The van der Waals surface area contributed by atoms with Crippen molar-refractivity contribution >= 4 is 41.5 Å². The minimum atomic E-state index is -0.107. The molecule has 0 radical (unpaired) electrons. The molecule has 0 aromatic heterocycles. The third kappa shape index (κ3) is 5.37. The molecule has 0 spiro atoms. The molecule has 2 aromatic rings. The van der Waals surface area contributed by atoms with Crippen molar-refractivity contribution in [3.63, 3.8) is 0 Å². The summed E-state index contributed by atoms with van der Waals surface area (Å²) >= 11 is 0. The van der Waals surface area contributed by atoms with Crippen LogP contribution in [0.4, 0.5) is 5.69 Å². The molecule has 1 aliphatic rings. The second-order valence-electron chi connectivity index (χ2n) is 6.25. The number of benzene rings is 2. The van der Waals surface area contributed by atoms with Gasteiger partial charge in [-0.15, -0.1) is 24.0 Å². The lowest BCUT2D eigenvalue weighted by Crippen LogP contribution is -2.41. The molecule has 6 nitrogen and oxygen atoms in total. The van der Waals surface area contributed by atoms with E-state index in [9.17, 15) is 4.79 Å². The lowest BCUT2D eigenvalue weighted by atomic mass is 10.2. The molecule has 0 saturated heterocycles. The number of hydrogen-bond acceptors (Lipinski definition) is 3. The van der Waals surface area contributed by atoms with Gasteiger partial charge in [-0.25, -0.2) is 0 Å². The average molecular weight is 494 g/mol. The monoisotopic (exact) mass is 494 g/mol. The molecule has 0 aliphatic carbocycles. The fourth-order valence-corrected chi connectivity index (χ4v) is 3.13. The second kappa shape index (κ2) is 10.9. The number of ether oxygens (including phenoxy) is 1. The number of para-hydroxylation sites is 1. The summed E-state index contributed by atoms with van der Waals surface area (Å²) in [7, 11) is 1.60. The van der Waals surface area contributed by atoms with E-state index in [4.69, 9.17) is 4.74 Å². The highest BCUT2D eigenvalue weighted by atomic mass is 127. The van der Waals surface area contributed by atoms with E-state index in [-0.39, 0.29) is 29.9 Å². The van der Waals surface area contributed by atoms with Crippen LogP contribution in [0.2, 0.25) is 0 Å². The number of methoxy groups -OCH3 is 1. The minimum absolute atomic E-state index is 0. The zero-order valence-electron chi connectivity index (χ0n) is 16.3. The third-order valence-corrected chi connectivity index (χ3v) is 4.49. The Kier molecular flexibility index (Phi) is 8.56. The van der Waals surface area contributed by atoms with Crippen LogP contribution in [0.25, 0.3) is 0 Å². The van der Waals surface area contributed by atoms with Gasteiger partial charge < -0.3 is 20.3 Å². The van der Waals surface area contributed by atoms with Gasteiger partial charge in [-0.2, -0.15) is 0 Å². The Balaban J connectivity index is 0.00000280. The van der Waals surface area contributed by atoms with E-state index in [1.807, 2.05) is 0 Å². The van der Waals surface area contributed by atoms with Gasteiger partial charge in [-0.3, -0.25) is 9.79 Å². The Morgan fingerprint density at radius 2 is 1.89 bits per heavy atom. The molecular weight excluding hydrogens is 467 g/mol. The first-order chi connectivity index (χ1) is 13.2. The summed E-state index contributed by atoms with van der Waals surface area (Å²) in [6.07, 6.45) is 1.02. The largest absolute Gasteiger partial charge is 0.497 e. The topological polar surface area (TPSA) is 66.0 Å². The highest BCUT2D eigenvalue weighted by molar-refractivity contribution is 14.0. The van der Waals surface area contributed by atoms with Gasteiger partial charge in [-0.05, 0) is 49.2 Å². The van der Waals surface area contributed by atoms with Gasteiger partial charge in [0.25, 0.3) is 5.91 Å². The summed E-state index contributed by atoms with van der Waals surface area (Å²) in [6.45, 7) is 4.78. The summed E-state index contributed by atoms with van der Waals surface area (Å²) in [5.74, 6) is 1.49. The summed E-state index contributed by atoms with van der Waals surface area (Å²) in [6, 6.07) is 15.5. The maximum Gasteiger partial charge on any atom is 0.251 e. The number of guanidine groups is 1. The number of anilines is 1. The number of fused-ring (bicyclic) bond motifs is 1. The van der Waals surface area contributed by atoms with Gasteiger partial charge in [0.15, 0.2) is 5.96 Å². The molecule has 0 unspecified atom stereocenters. The average Bonchev–Trinajstić information content (AvgIpc) is 3.14. The molecule has 0 bridgehead atoms. The van der Waals surface area contributed by atoms with E-state index >= 15 is 0 Å². The van der Waals surface area contributed by atoms with Crippen LogP contribution in [0, 0.1) is 0 Å². The molecule has 150 valence electrons. The molecule has 1 heterocycles. The van der Waals surface area contributed by atoms with Crippen LogP contribution in [-0.4, -0.2) is 45.2 Å². The maximum absolute atomic E-state index is 12.2. The van der Waals surface area contributed by atoms with Crippen LogP contribution in [0.15, 0.2) is 53.5 Å². The molecule has 3 rings (SSSR count). The predicted octanol–water partition coefficient (Wildman–Crippen LogP) is 3.07. The maximum atomic E-state index is 12.2. The van der Waals surface area contributed by atoms with Crippen molar-refractivity contribution in [3.8, 4) is 5.75 Å². The molecule has 0 saturated carbocycles. The van der Waals surface area contributed by atoms with Crippen LogP contribution >= 0.6 is 24.0 Å². The van der Waals surface area contributed by atoms with Gasteiger partial charge in [0, 0.05) is 30.9 Å².